The van der Waals surface area contributed by atoms with E-state index in [1.807, 2.05) is 24.3 Å². The maximum Gasteiger partial charge on any atom is 0.319 e. The molecule has 4 heteroatoms. The van der Waals surface area contributed by atoms with Crippen molar-refractivity contribution in [2.45, 2.75) is 25.9 Å². The van der Waals surface area contributed by atoms with E-state index in [4.69, 9.17) is 0 Å². The number of rotatable bonds is 6. The highest BCUT2D eigenvalue weighted by Crippen LogP contribution is 2.18. The van der Waals surface area contributed by atoms with Gasteiger partial charge in [0.25, 0.3) is 0 Å². The lowest BCUT2D eigenvalue weighted by Gasteiger charge is -2.13. The largest absolute Gasteiger partial charge is 0.468 e. The molecule has 1 aromatic rings. The van der Waals surface area contributed by atoms with Gasteiger partial charge in [-0.2, -0.15) is 0 Å². The predicted octanol–water partition coefficient (Wildman–Crippen LogP) is 1.61. The second-order valence-corrected chi connectivity index (χ2v) is 4.54. The number of aliphatic hydroxyl groups excluding tert-OH is 1. The van der Waals surface area contributed by atoms with E-state index in [2.05, 4.69) is 23.9 Å². The van der Waals surface area contributed by atoms with Crippen LogP contribution in [0, 0.1) is 0 Å². The van der Waals surface area contributed by atoms with E-state index < -0.39 is 6.10 Å². The third-order valence-electron chi connectivity index (χ3n) is 2.82. The molecular formula is C14H21NO3. The van der Waals surface area contributed by atoms with Crippen molar-refractivity contribution in [1.82, 2.24) is 5.32 Å². The molecule has 0 aliphatic rings. The van der Waals surface area contributed by atoms with Gasteiger partial charge in [0.15, 0.2) is 0 Å². The number of carbonyl (C=O) groups is 1. The molecule has 0 saturated heterocycles. The lowest BCUT2D eigenvalue weighted by Crippen LogP contribution is -2.28. The topological polar surface area (TPSA) is 58.6 Å². The molecule has 1 unspecified atom stereocenters. The molecule has 0 bridgehead atoms. The van der Waals surface area contributed by atoms with Gasteiger partial charge in [-0.3, -0.25) is 4.79 Å². The average Bonchev–Trinajstić information content (AvgIpc) is 2.38. The fourth-order valence-corrected chi connectivity index (χ4v) is 1.60. The second kappa shape index (κ2) is 7.13. The van der Waals surface area contributed by atoms with E-state index >= 15 is 0 Å². The highest BCUT2D eigenvalue weighted by Gasteiger charge is 2.09. The number of methoxy groups -OCH3 is 1. The maximum absolute atomic E-state index is 10.9. The SMILES string of the molecule is COC(=O)CNCC(O)c1ccc(C(C)C)cc1. The zero-order valence-corrected chi connectivity index (χ0v) is 11.1. The molecule has 0 amide bonds. The molecule has 100 valence electrons. The first-order valence-electron chi connectivity index (χ1n) is 6.10. The molecule has 18 heavy (non-hydrogen) atoms. The lowest BCUT2D eigenvalue weighted by molar-refractivity contribution is -0.139. The minimum Gasteiger partial charge on any atom is -0.468 e. The van der Waals surface area contributed by atoms with Crippen molar-refractivity contribution in [2.24, 2.45) is 0 Å². The first-order valence-corrected chi connectivity index (χ1v) is 6.10. The summed E-state index contributed by atoms with van der Waals surface area (Å²) in [6, 6.07) is 7.87. The summed E-state index contributed by atoms with van der Waals surface area (Å²) < 4.78 is 4.50. The Balaban J connectivity index is 2.46. The molecule has 1 aromatic carbocycles. The lowest BCUT2D eigenvalue weighted by atomic mass is 10.00. The molecule has 0 aliphatic carbocycles. The van der Waals surface area contributed by atoms with Crippen LogP contribution in [-0.2, 0) is 9.53 Å². The van der Waals surface area contributed by atoms with Crippen LogP contribution < -0.4 is 5.32 Å². The number of carbonyl (C=O) groups excluding carboxylic acids is 1. The van der Waals surface area contributed by atoms with Crippen molar-refractivity contribution in [3.63, 3.8) is 0 Å². The number of nitrogens with one attached hydrogen (secondary N) is 1. The van der Waals surface area contributed by atoms with Gasteiger partial charge in [0, 0.05) is 6.54 Å². The Labute approximate surface area is 108 Å². The van der Waals surface area contributed by atoms with Gasteiger partial charge in [-0.1, -0.05) is 38.1 Å². The molecule has 0 saturated carbocycles. The zero-order chi connectivity index (χ0) is 13.5. The first-order chi connectivity index (χ1) is 8.54. The van der Waals surface area contributed by atoms with Gasteiger partial charge >= 0.3 is 5.97 Å². The number of aliphatic hydroxyl groups is 1. The van der Waals surface area contributed by atoms with Crippen molar-refractivity contribution < 1.29 is 14.6 Å². The van der Waals surface area contributed by atoms with E-state index in [0.717, 1.165) is 5.56 Å². The molecule has 2 N–H and O–H groups in total. The number of hydrogen-bond acceptors (Lipinski definition) is 4. The fourth-order valence-electron chi connectivity index (χ4n) is 1.60. The van der Waals surface area contributed by atoms with Gasteiger partial charge in [-0.05, 0) is 17.0 Å². The summed E-state index contributed by atoms with van der Waals surface area (Å²) in [5.41, 5.74) is 2.09. The Morgan fingerprint density at radius 2 is 1.83 bits per heavy atom. The quantitative estimate of drug-likeness (QED) is 0.754. The van der Waals surface area contributed by atoms with Crippen LogP contribution in [-0.4, -0.2) is 31.3 Å². The molecule has 0 fully saturated rings. The number of esters is 1. The van der Waals surface area contributed by atoms with Crippen molar-refractivity contribution in [3.05, 3.63) is 35.4 Å². The third kappa shape index (κ3) is 4.47. The first kappa shape index (κ1) is 14.7. The van der Waals surface area contributed by atoms with Gasteiger partial charge in [0.05, 0.1) is 19.8 Å². The number of benzene rings is 1. The van der Waals surface area contributed by atoms with Crippen LogP contribution in [0.2, 0.25) is 0 Å². The highest BCUT2D eigenvalue weighted by molar-refractivity contribution is 5.71. The van der Waals surface area contributed by atoms with Crippen LogP contribution in [0.4, 0.5) is 0 Å². The van der Waals surface area contributed by atoms with E-state index in [-0.39, 0.29) is 12.5 Å². The summed E-state index contributed by atoms with van der Waals surface area (Å²) in [6.45, 7) is 4.69. The fraction of sp³-hybridized carbons (Fsp3) is 0.500. The molecule has 0 aliphatic heterocycles. The number of hydrogen-bond donors (Lipinski definition) is 2. The molecule has 0 radical (unpaired) electrons. The van der Waals surface area contributed by atoms with E-state index in [9.17, 15) is 9.90 Å². The Bertz CT molecular complexity index is 373. The predicted molar refractivity (Wildman–Crippen MR) is 70.4 cm³/mol. The van der Waals surface area contributed by atoms with E-state index in [0.29, 0.717) is 12.5 Å². The smallest absolute Gasteiger partial charge is 0.319 e. The van der Waals surface area contributed by atoms with E-state index in [1.54, 1.807) is 0 Å². The standard InChI is InChI=1S/C14H21NO3/c1-10(2)11-4-6-12(7-5-11)13(16)8-15-9-14(17)18-3/h4-7,10,13,15-16H,8-9H2,1-3H3. The minimum absolute atomic E-state index is 0.109. The molecular weight excluding hydrogens is 230 g/mol. The normalized spacial score (nSPS) is 12.5. The van der Waals surface area contributed by atoms with Gasteiger partial charge in [0.2, 0.25) is 0 Å². The maximum atomic E-state index is 10.9. The summed E-state index contributed by atoms with van der Waals surface area (Å²) in [5, 5.41) is 12.8. The highest BCUT2D eigenvalue weighted by atomic mass is 16.5. The summed E-state index contributed by atoms with van der Waals surface area (Å²) in [4.78, 5) is 10.9. The Hall–Kier alpha value is -1.39. The van der Waals surface area contributed by atoms with Crippen LogP contribution in [0.15, 0.2) is 24.3 Å². The molecule has 0 spiro atoms. The van der Waals surface area contributed by atoms with Gasteiger partial charge in [-0.25, -0.2) is 0 Å². The van der Waals surface area contributed by atoms with Crippen LogP contribution in [0.1, 0.15) is 37.0 Å². The molecule has 0 heterocycles. The van der Waals surface area contributed by atoms with Crippen molar-refractivity contribution in [2.75, 3.05) is 20.2 Å². The third-order valence-corrected chi connectivity index (χ3v) is 2.82. The molecule has 4 nitrogen and oxygen atoms in total. The van der Waals surface area contributed by atoms with Crippen LogP contribution in [0.3, 0.4) is 0 Å². The minimum atomic E-state index is -0.615. The Morgan fingerprint density at radius 3 is 2.33 bits per heavy atom. The summed E-state index contributed by atoms with van der Waals surface area (Å²) in [7, 11) is 1.34. The Morgan fingerprint density at radius 1 is 1.28 bits per heavy atom. The van der Waals surface area contributed by atoms with Crippen LogP contribution >= 0.6 is 0 Å². The average molecular weight is 251 g/mol. The molecule has 1 rings (SSSR count). The van der Waals surface area contributed by atoms with Crippen molar-refractivity contribution in [3.8, 4) is 0 Å². The number of ether oxygens (including phenoxy) is 1. The second-order valence-electron chi connectivity index (χ2n) is 4.54. The summed E-state index contributed by atoms with van der Waals surface area (Å²) in [6.07, 6.45) is -0.615. The molecule has 0 aromatic heterocycles. The van der Waals surface area contributed by atoms with Crippen molar-refractivity contribution >= 4 is 5.97 Å². The van der Waals surface area contributed by atoms with Gasteiger partial charge < -0.3 is 15.2 Å². The monoisotopic (exact) mass is 251 g/mol. The summed E-state index contributed by atoms with van der Waals surface area (Å²) >= 11 is 0. The zero-order valence-electron chi connectivity index (χ0n) is 11.1. The van der Waals surface area contributed by atoms with Crippen LogP contribution in [0.25, 0.3) is 0 Å². The molecule has 1 atom stereocenters. The van der Waals surface area contributed by atoms with Gasteiger partial charge in [-0.15, -0.1) is 0 Å². The van der Waals surface area contributed by atoms with Crippen molar-refractivity contribution in [1.29, 1.82) is 0 Å². The van der Waals surface area contributed by atoms with Crippen LogP contribution in [0.5, 0.6) is 0 Å². The summed E-state index contributed by atoms with van der Waals surface area (Å²) in [5.74, 6) is 0.144. The van der Waals surface area contributed by atoms with Gasteiger partial charge in [0.1, 0.15) is 0 Å². The Kier molecular flexibility index (Phi) is 5.82. The van der Waals surface area contributed by atoms with E-state index in [1.165, 1.54) is 12.7 Å².